The molecule has 0 radical (unpaired) electrons. The molecule has 0 aliphatic carbocycles. The number of anilines is 1. The number of benzene rings is 1. The van der Waals surface area contributed by atoms with E-state index in [4.69, 9.17) is 0 Å². The van der Waals surface area contributed by atoms with E-state index in [0.717, 1.165) is 31.5 Å². The molecule has 0 atom stereocenters. The van der Waals surface area contributed by atoms with E-state index in [2.05, 4.69) is 13.0 Å². The number of carbonyl (C=O) groups excluding carboxylic acids is 1. The minimum absolute atomic E-state index is 0.861. The molecule has 1 aromatic carbocycles. The third-order valence-electron chi connectivity index (χ3n) is 2.65. The number of nitrogens with zero attached hydrogens (tertiary/aromatic N) is 1. The van der Waals surface area contributed by atoms with Crippen LogP contribution in [-0.4, -0.2) is 13.0 Å². The fourth-order valence-corrected chi connectivity index (χ4v) is 1.94. The van der Waals surface area contributed by atoms with E-state index < -0.39 is 0 Å². The van der Waals surface area contributed by atoms with Crippen molar-refractivity contribution in [2.75, 3.05) is 11.4 Å². The van der Waals surface area contributed by atoms with Gasteiger partial charge in [-0.2, -0.15) is 0 Å². The molecule has 0 spiro atoms. The van der Waals surface area contributed by atoms with E-state index in [0.29, 0.717) is 0 Å². The topological polar surface area (TPSA) is 20.3 Å². The Morgan fingerprint density at radius 1 is 1.46 bits per heavy atom. The van der Waals surface area contributed by atoms with Crippen molar-refractivity contribution in [1.82, 2.24) is 0 Å². The van der Waals surface area contributed by atoms with Gasteiger partial charge in [0.1, 0.15) is 0 Å². The number of carbonyl (C=O) groups is 1. The van der Waals surface area contributed by atoms with Crippen LogP contribution >= 0.6 is 0 Å². The van der Waals surface area contributed by atoms with Crippen LogP contribution in [0.1, 0.15) is 17.5 Å². The van der Waals surface area contributed by atoms with Gasteiger partial charge in [-0.3, -0.25) is 4.79 Å². The summed E-state index contributed by atoms with van der Waals surface area (Å²) in [6.07, 6.45) is 3.11. The van der Waals surface area contributed by atoms with Gasteiger partial charge in [-0.05, 0) is 37.0 Å². The summed E-state index contributed by atoms with van der Waals surface area (Å²) < 4.78 is 0. The van der Waals surface area contributed by atoms with Crippen molar-refractivity contribution in [3.05, 3.63) is 29.3 Å². The van der Waals surface area contributed by atoms with Crippen LogP contribution in [0.2, 0.25) is 0 Å². The van der Waals surface area contributed by atoms with Crippen LogP contribution < -0.4 is 4.90 Å². The molecule has 1 aliphatic rings. The van der Waals surface area contributed by atoms with E-state index in [1.807, 2.05) is 12.1 Å². The fraction of sp³-hybridized carbons (Fsp3) is 0.364. The Labute approximate surface area is 78.2 Å². The normalized spacial score (nSPS) is 15.3. The predicted octanol–water partition coefficient (Wildman–Crippen LogP) is 1.90. The summed E-state index contributed by atoms with van der Waals surface area (Å²) in [6.45, 7) is 2.97. The first-order valence-corrected chi connectivity index (χ1v) is 4.63. The molecule has 1 aromatic rings. The lowest BCUT2D eigenvalue weighted by Crippen LogP contribution is -2.27. The van der Waals surface area contributed by atoms with Crippen LogP contribution in [-0.2, 0) is 11.2 Å². The van der Waals surface area contributed by atoms with Gasteiger partial charge in [-0.15, -0.1) is 0 Å². The summed E-state index contributed by atoms with van der Waals surface area (Å²) in [6, 6.07) is 6.14. The van der Waals surface area contributed by atoms with E-state index >= 15 is 0 Å². The van der Waals surface area contributed by atoms with E-state index in [9.17, 15) is 4.79 Å². The summed E-state index contributed by atoms with van der Waals surface area (Å²) >= 11 is 0. The zero-order chi connectivity index (χ0) is 9.26. The Morgan fingerprint density at radius 3 is 3.08 bits per heavy atom. The molecule has 0 saturated carbocycles. The molecule has 1 aliphatic heterocycles. The zero-order valence-corrected chi connectivity index (χ0v) is 7.79. The Bertz CT molecular complexity index is 333. The summed E-state index contributed by atoms with van der Waals surface area (Å²) in [5, 5.41) is 0. The third kappa shape index (κ3) is 1.32. The molecule has 1 heterocycles. The lowest BCUT2D eigenvalue weighted by molar-refractivity contribution is -0.107. The first kappa shape index (κ1) is 8.30. The summed E-state index contributed by atoms with van der Waals surface area (Å²) in [5.41, 5.74) is 3.73. The average Bonchev–Trinajstić information content (AvgIpc) is 2.18. The minimum atomic E-state index is 0.861. The maximum atomic E-state index is 10.8. The smallest absolute Gasteiger partial charge is 0.214 e. The van der Waals surface area contributed by atoms with Gasteiger partial charge in [0, 0.05) is 12.2 Å². The zero-order valence-electron chi connectivity index (χ0n) is 7.79. The second-order valence-electron chi connectivity index (χ2n) is 3.47. The molecular formula is C11H13NO. The SMILES string of the molecule is Cc1cccc2c1CCCN2C=O. The minimum Gasteiger partial charge on any atom is -0.315 e. The second kappa shape index (κ2) is 3.21. The van der Waals surface area contributed by atoms with Crippen molar-refractivity contribution < 1.29 is 4.79 Å². The van der Waals surface area contributed by atoms with E-state index in [1.54, 1.807) is 4.90 Å². The van der Waals surface area contributed by atoms with Gasteiger partial charge in [-0.1, -0.05) is 12.1 Å². The quantitative estimate of drug-likeness (QED) is 0.597. The van der Waals surface area contributed by atoms with Gasteiger partial charge in [-0.25, -0.2) is 0 Å². The Hall–Kier alpha value is -1.31. The maximum absolute atomic E-state index is 10.8. The van der Waals surface area contributed by atoms with Crippen molar-refractivity contribution >= 4 is 12.1 Å². The predicted molar refractivity (Wildman–Crippen MR) is 52.9 cm³/mol. The summed E-state index contributed by atoms with van der Waals surface area (Å²) in [4.78, 5) is 12.6. The number of hydrogen-bond acceptors (Lipinski definition) is 1. The number of hydrogen-bond donors (Lipinski definition) is 0. The highest BCUT2D eigenvalue weighted by atomic mass is 16.1. The third-order valence-corrected chi connectivity index (χ3v) is 2.65. The monoisotopic (exact) mass is 175 g/mol. The number of amides is 1. The molecule has 13 heavy (non-hydrogen) atoms. The molecular weight excluding hydrogens is 162 g/mol. The Kier molecular flexibility index (Phi) is 2.05. The highest BCUT2D eigenvalue weighted by Crippen LogP contribution is 2.28. The summed E-state index contributed by atoms with van der Waals surface area (Å²) in [7, 11) is 0. The van der Waals surface area contributed by atoms with Crippen LogP contribution in [0.3, 0.4) is 0 Å². The summed E-state index contributed by atoms with van der Waals surface area (Å²) in [5.74, 6) is 0. The number of rotatable bonds is 1. The van der Waals surface area contributed by atoms with Crippen molar-refractivity contribution in [3.63, 3.8) is 0 Å². The van der Waals surface area contributed by atoms with Crippen molar-refractivity contribution in [2.24, 2.45) is 0 Å². The molecule has 2 heteroatoms. The van der Waals surface area contributed by atoms with Crippen LogP contribution in [0.5, 0.6) is 0 Å². The first-order valence-electron chi connectivity index (χ1n) is 4.63. The van der Waals surface area contributed by atoms with Gasteiger partial charge in [0.25, 0.3) is 0 Å². The molecule has 0 fully saturated rings. The van der Waals surface area contributed by atoms with Crippen LogP contribution in [0.15, 0.2) is 18.2 Å². The second-order valence-corrected chi connectivity index (χ2v) is 3.47. The standard InChI is InChI=1S/C11H13NO/c1-9-4-2-6-11-10(9)5-3-7-12(11)8-13/h2,4,6,8H,3,5,7H2,1H3. The molecule has 0 bridgehead atoms. The van der Waals surface area contributed by atoms with Crippen molar-refractivity contribution in [2.45, 2.75) is 19.8 Å². The van der Waals surface area contributed by atoms with Gasteiger partial charge >= 0.3 is 0 Å². The lowest BCUT2D eigenvalue weighted by Gasteiger charge is -2.26. The number of fused-ring (bicyclic) bond motifs is 1. The first-order chi connectivity index (χ1) is 6.33. The average molecular weight is 175 g/mol. The fourth-order valence-electron chi connectivity index (χ4n) is 1.94. The van der Waals surface area contributed by atoms with Crippen LogP contribution in [0.25, 0.3) is 0 Å². The van der Waals surface area contributed by atoms with Crippen LogP contribution in [0, 0.1) is 6.92 Å². The molecule has 2 nitrogen and oxygen atoms in total. The van der Waals surface area contributed by atoms with Crippen LogP contribution in [0.4, 0.5) is 5.69 Å². The molecule has 0 saturated heterocycles. The van der Waals surface area contributed by atoms with Gasteiger partial charge < -0.3 is 4.90 Å². The molecule has 0 aromatic heterocycles. The molecule has 2 rings (SSSR count). The van der Waals surface area contributed by atoms with E-state index in [1.165, 1.54) is 11.1 Å². The van der Waals surface area contributed by atoms with Gasteiger partial charge in [0.15, 0.2) is 0 Å². The molecule has 1 amide bonds. The molecule has 0 unspecified atom stereocenters. The molecule has 68 valence electrons. The largest absolute Gasteiger partial charge is 0.315 e. The van der Waals surface area contributed by atoms with Crippen molar-refractivity contribution in [1.29, 1.82) is 0 Å². The Balaban J connectivity index is 2.51. The van der Waals surface area contributed by atoms with Crippen molar-refractivity contribution in [3.8, 4) is 0 Å². The van der Waals surface area contributed by atoms with Gasteiger partial charge in [0.05, 0.1) is 0 Å². The number of aryl methyl sites for hydroxylation is 1. The highest BCUT2D eigenvalue weighted by molar-refractivity contribution is 5.78. The lowest BCUT2D eigenvalue weighted by atomic mass is 9.98. The molecule has 0 N–H and O–H groups in total. The highest BCUT2D eigenvalue weighted by Gasteiger charge is 2.16. The maximum Gasteiger partial charge on any atom is 0.214 e. The van der Waals surface area contributed by atoms with Gasteiger partial charge in [0.2, 0.25) is 6.41 Å². The van der Waals surface area contributed by atoms with E-state index in [-0.39, 0.29) is 0 Å². The Morgan fingerprint density at radius 2 is 2.31 bits per heavy atom.